The van der Waals surface area contributed by atoms with Gasteiger partial charge in [0.05, 0.1) is 17.6 Å². The molecule has 2 unspecified atom stereocenters. The molecule has 5 nitrogen and oxygen atoms in total. The molecule has 0 spiro atoms. The number of aliphatic hydroxyl groups is 2. The summed E-state index contributed by atoms with van der Waals surface area (Å²) < 4.78 is 4.60. The summed E-state index contributed by atoms with van der Waals surface area (Å²) in [7, 11) is 0. The highest BCUT2D eigenvalue weighted by Crippen LogP contribution is 2.26. The Kier molecular flexibility index (Phi) is 5.94. The van der Waals surface area contributed by atoms with Crippen LogP contribution < -0.4 is 0 Å². The lowest BCUT2D eigenvalue weighted by Gasteiger charge is -2.13. The van der Waals surface area contributed by atoms with Crippen molar-refractivity contribution >= 4 is 39.0 Å². The standard InChI is InChI=1S/C11H13BrO5S/c1-2-17-11(16)10(15)8-4-3-7(18-8)9(14)6(13)5-12/h3-4,6,9,13-14H,2,5H2,1H3. The third-order valence-electron chi connectivity index (χ3n) is 2.13. The van der Waals surface area contributed by atoms with Crippen molar-refractivity contribution in [1.82, 2.24) is 0 Å². The van der Waals surface area contributed by atoms with Gasteiger partial charge in [0, 0.05) is 10.2 Å². The zero-order valence-corrected chi connectivity index (χ0v) is 12.0. The van der Waals surface area contributed by atoms with Gasteiger partial charge in [-0.2, -0.15) is 0 Å². The normalized spacial score (nSPS) is 14.0. The molecule has 0 aliphatic rings. The van der Waals surface area contributed by atoms with Gasteiger partial charge >= 0.3 is 5.97 Å². The van der Waals surface area contributed by atoms with Crippen LogP contribution in [0.15, 0.2) is 12.1 Å². The molecule has 7 heteroatoms. The highest BCUT2D eigenvalue weighted by Gasteiger charge is 2.23. The van der Waals surface area contributed by atoms with Gasteiger partial charge in [-0.15, -0.1) is 11.3 Å². The van der Waals surface area contributed by atoms with Crippen LogP contribution in [0.5, 0.6) is 0 Å². The predicted octanol–water partition coefficient (Wildman–Crippen LogP) is 1.28. The summed E-state index contributed by atoms with van der Waals surface area (Å²) in [6, 6.07) is 2.94. The van der Waals surface area contributed by atoms with E-state index in [4.69, 9.17) is 0 Å². The van der Waals surface area contributed by atoms with Crippen molar-refractivity contribution in [3.8, 4) is 0 Å². The topological polar surface area (TPSA) is 83.8 Å². The maximum atomic E-state index is 11.6. The van der Waals surface area contributed by atoms with Crippen LogP contribution in [0.4, 0.5) is 0 Å². The van der Waals surface area contributed by atoms with Gasteiger partial charge in [0.1, 0.15) is 6.10 Å². The Hall–Kier alpha value is -0.760. The third kappa shape index (κ3) is 3.61. The first-order chi connectivity index (χ1) is 8.51. The fourth-order valence-electron chi connectivity index (χ4n) is 1.21. The number of alkyl halides is 1. The predicted molar refractivity (Wildman–Crippen MR) is 70.0 cm³/mol. The van der Waals surface area contributed by atoms with Gasteiger partial charge < -0.3 is 14.9 Å². The van der Waals surface area contributed by atoms with Crippen LogP contribution in [-0.4, -0.2) is 40.0 Å². The third-order valence-corrected chi connectivity index (χ3v) is 3.94. The van der Waals surface area contributed by atoms with Gasteiger partial charge in [0.15, 0.2) is 0 Å². The van der Waals surface area contributed by atoms with E-state index in [9.17, 15) is 19.8 Å². The zero-order chi connectivity index (χ0) is 13.7. The minimum Gasteiger partial charge on any atom is -0.460 e. The van der Waals surface area contributed by atoms with Gasteiger partial charge in [-0.05, 0) is 19.1 Å². The van der Waals surface area contributed by atoms with Crippen molar-refractivity contribution in [2.75, 3.05) is 11.9 Å². The fourth-order valence-corrected chi connectivity index (χ4v) is 2.54. The second-order valence-electron chi connectivity index (χ2n) is 3.42. The van der Waals surface area contributed by atoms with Gasteiger partial charge in [0.2, 0.25) is 0 Å². The van der Waals surface area contributed by atoms with Crippen molar-refractivity contribution in [3.63, 3.8) is 0 Å². The average Bonchev–Trinajstić information content (AvgIpc) is 2.85. The second-order valence-corrected chi connectivity index (χ2v) is 5.18. The molecular formula is C11H13BrO5S. The summed E-state index contributed by atoms with van der Waals surface area (Å²) in [5.74, 6) is -1.66. The first-order valence-corrected chi connectivity index (χ1v) is 7.18. The molecule has 0 saturated heterocycles. The SMILES string of the molecule is CCOC(=O)C(=O)c1ccc(C(O)C(O)CBr)s1. The number of Topliss-reactive ketones (excluding diaryl/α,β-unsaturated/α-hetero) is 1. The number of hydrogen-bond acceptors (Lipinski definition) is 6. The summed E-state index contributed by atoms with van der Waals surface area (Å²) in [6.45, 7) is 1.74. The number of halogens is 1. The highest BCUT2D eigenvalue weighted by atomic mass is 79.9. The van der Waals surface area contributed by atoms with Gasteiger partial charge in [-0.3, -0.25) is 4.79 Å². The lowest BCUT2D eigenvalue weighted by atomic mass is 10.2. The maximum absolute atomic E-state index is 11.6. The number of rotatable bonds is 6. The van der Waals surface area contributed by atoms with E-state index in [2.05, 4.69) is 20.7 Å². The molecule has 2 atom stereocenters. The van der Waals surface area contributed by atoms with Crippen LogP contribution in [0.3, 0.4) is 0 Å². The zero-order valence-electron chi connectivity index (χ0n) is 9.63. The number of carbonyl (C=O) groups excluding carboxylic acids is 2. The molecule has 0 aromatic carbocycles. The maximum Gasteiger partial charge on any atom is 0.380 e. The van der Waals surface area contributed by atoms with Gasteiger partial charge in [-0.1, -0.05) is 15.9 Å². The summed E-state index contributed by atoms with van der Waals surface area (Å²) in [5.41, 5.74) is 0. The summed E-state index contributed by atoms with van der Waals surface area (Å²) in [4.78, 5) is 23.4. The van der Waals surface area contributed by atoms with Crippen molar-refractivity contribution in [1.29, 1.82) is 0 Å². The molecule has 0 fully saturated rings. The van der Waals surface area contributed by atoms with Crippen LogP contribution in [0, 0.1) is 0 Å². The summed E-state index contributed by atoms with van der Waals surface area (Å²) in [5, 5.41) is 19.4. The van der Waals surface area contributed by atoms with Crippen molar-refractivity contribution in [2.45, 2.75) is 19.1 Å². The fraction of sp³-hybridized carbons (Fsp3) is 0.455. The van der Waals surface area contributed by atoms with E-state index in [1.165, 1.54) is 12.1 Å². The van der Waals surface area contributed by atoms with E-state index in [-0.39, 0.29) is 16.8 Å². The highest BCUT2D eigenvalue weighted by molar-refractivity contribution is 9.09. The molecule has 0 saturated carbocycles. The monoisotopic (exact) mass is 336 g/mol. The number of thiophene rings is 1. The molecule has 1 rings (SSSR count). The number of ether oxygens (including phenoxy) is 1. The molecule has 18 heavy (non-hydrogen) atoms. The Morgan fingerprint density at radius 1 is 1.44 bits per heavy atom. The van der Waals surface area contributed by atoms with Gasteiger partial charge in [0.25, 0.3) is 5.78 Å². The Labute approximate surface area is 117 Å². The molecule has 100 valence electrons. The van der Waals surface area contributed by atoms with E-state index in [1.807, 2.05) is 0 Å². The number of ketones is 1. The number of hydrogen-bond donors (Lipinski definition) is 2. The molecule has 0 radical (unpaired) electrons. The van der Waals surface area contributed by atoms with E-state index in [0.717, 1.165) is 11.3 Å². The van der Waals surface area contributed by atoms with E-state index >= 15 is 0 Å². The Bertz CT molecular complexity index is 431. The van der Waals surface area contributed by atoms with Crippen molar-refractivity contribution < 1.29 is 24.5 Å². The van der Waals surface area contributed by atoms with E-state index in [1.54, 1.807) is 6.92 Å². The van der Waals surface area contributed by atoms with Gasteiger partial charge in [-0.25, -0.2) is 4.79 Å². The van der Waals surface area contributed by atoms with Crippen molar-refractivity contribution in [3.05, 3.63) is 21.9 Å². The Balaban J connectivity index is 2.80. The van der Waals surface area contributed by atoms with Crippen LogP contribution in [0.1, 0.15) is 27.6 Å². The van der Waals surface area contributed by atoms with Crippen LogP contribution in [0.25, 0.3) is 0 Å². The summed E-state index contributed by atoms with van der Waals surface area (Å²) in [6.07, 6.45) is -2.05. The number of aliphatic hydroxyl groups excluding tert-OH is 2. The Morgan fingerprint density at radius 2 is 2.11 bits per heavy atom. The molecule has 0 bridgehead atoms. The van der Waals surface area contributed by atoms with Crippen LogP contribution in [-0.2, 0) is 9.53 Å². The summed E-state index contributed by atoms with van der Waals surface area (Å²) >= 11 is 4.01. The lowest BCUT2D eigenvalue weighted by molar-refractivity contribution is -0.137. The Morgan fingerprint density at radius 3 is 2.67 bits per heavy atom. The molecule has 0 aliphatic carbocycles. The van der Waals surface area contributed by atoms with E-state index < -0.39 is 24.0 Å². The second kappa shape index (κ2) is 6.98. The largest absolute Gasteiger partial charge is 0.460 e. The molecule has 1 aromatic heterocycles. The molecular weight excluding hydrogens is 324 g/mol. The quantitative estimate of drug-likeness (QED) is 0.354. The van der Waals surface area contributed by atoms with Crippen LogP contribution >= 0.6 is 27.3 Å². The minimum atomic E-state index is -1.09. The number of carbonyl (C=O) groups is 2. The molecule has 1 heterocycles. The van der Waals surface area contributed by atoms with Crippen LogP contribution in [0.2, 0.25) is 0 Å². The average molecular weight is 337 g/mol. The first-order valence-electron chi connectivity index (χ1n) is 5.24. The van der Waals surface area contributed by atoms with E-state index in [0.29, 0.717) is 4.88 Å². The molecule has 2 N–H and O–H groups in total. The smallest absolute Gasteiger partial charge is 0.380 e. The lowest BCUT2D eigenvalue weighted by Crippen LogP contribution is -2.18. The molecule has 0 amide bonds. The van der Waals surface area contributed by atoms with Crippen molar-refractivity contribution in [2.24, 2.45) is 0 Å². The molecule has 0 aliphatic heterocycles. The molecule has 1 aromatic rings. The number of esters is 1. The minimum absolute atomic E-state index is 0.133. The first kappa shape index (κ1) is 15.3.